The molecule has 1 aromatic carbocycles. The van der Waals surface area contributed by atoms with E-state index in [0.717, 1.165) is 6.26 Å². The minimum Gasteiger partial charge on any atom is -0.506 e. The zero-order chi connectivity index (χ0) is 14.7. The zero-order valence-corrected chi connectivity index (χ0v) is 12.1. The second-order valence-electron chi connectivity index (χ2n) is 3.91. The van der Waals surface area contributed by atoms with Crippen molar-refractivity contribution in [2.75, 3.05) is 29.6 Å². The normalized spacial score (nSPS) is 12.1. The Morgan fingerprint density at radius 3 is 2.37 bits per heavy atom. The Kier molecular flexibility index (Phi) is 4.64. The summed E-state index contributed by atoms with van der Waals surface area (Å²) in [5, 5.41) is 9.59. The van der Waals surface area contributed by atoms with Gasteiger partial charge in [-0.1, -0.05) is 6.07 Å². The van der Waals surface area contributed by atoms with Crippen molar-refractivity contribution in [3.05, 3.63) is 18.2 Å². The fourth-order valence-corrected chi connectivity index (χ4v) is 3.97. The SMILES string of the molecule is COc1cccc(O)c1NS(=O)(=O)CCS(C)(=O)=O. The van der Waals surface area contributed by atoms with Crippen LogP contribution in [0.1, 0.15) is 0 Å². The fraction of sp³-hybridized carbons (Fsp3) is 0.400. The number of aromatic hydroxyl groups is 1. The summed E-state index contributed by atoms with van der Waals surface area (Å²) in [4.78, 5) is 0. The lowest BCUT2D eigenvalue weighted by Gasteiger charge is -2.12. The van der Waals surface area contributed by atoms with E-state index in [1.54, 1.807) is 0 Å². The van der Waals surface area contributed by atoms with Crippen LogP contribution >= 0.6 is 0 Å². The van der Waals surface area contributed by atoms with Gasteiger partial charge in [0.1, 0.15) is 27.0 Å². The van der Waals surface area contributed by atoms with Crippen LogP contribution in [0.15, 0.2) is 18.2 Å². The summed E-state index contributed by atoms with van der Waals surface area (Å²) in [6.45, 7) is 0. The molecule has 0 aromatic heterocycles. The van der Waals surface area contributed by atoms with Crippen molar-refractivity contribution in [2.45, 2.75) is 0 Å². The van der Waals surface area contributed by atoms with Gasteiger partial charge in [-0.2, -0.15) is 0 Å². The molecule has 0 spiro atoms. The predicted octanol–water partition coefficient (Wildman–Crippen LogP) is 0.187. The van der Waals surface area contributed by atoms with Crippen molar-refractivity contribution < 1.29 is 26.7 Å². The second-order valence-corrected chi connectivity index (χ2v) is 8.01. The van der Waals surface area contributed by atoms with Crippen LogP contribution in [0.25, 0.3) is 0 Å². The molecule has 0 unspecified atom stereocenters. The van der Waals surface area contributed by atoms with Crippen LogP contribution in [0.2, 0.25) is 0 Å². The van der Waals surface area contributed by atoms with Crippen LogP contribution in [0, 0.1) is 0 Å². The third kappa shape index (κ3) is 4.95. The number of hydrogen-bond acceptors (Lipinski definition) is 6. The first-order valence-corrected chi connectivity index (χ1v) is 8.90. The van der Waals surface area contributed by atoms with Gasteiger partial charge in [-0.25, -0.2) is 16.8 Å². The smallest absolute Gasteiger partial charge is 0.233 e. The Bertz CT molecular complexity index is 651. The molecule has 0 heterocycles. The molecule has 0 amide bonds. The summed E-state index contributed by atoms with van der Waals surface area (Å²) < 4.78 is 52.4. The highest BCUT2D eigenvalue weighted by Crippen LogP contribution is 2.33. The number of phenolic OH excluding ortho intramolecular Hbond substituents is 1. The number of sulfone groups is 1. The van der Waals surface area contributed by atoms with Gasteiger partial charge in [0.15, 0.2) is 0 Å². The van der Waals surface area contributed by atoms with E-state index in [0.29, 0.717) is 0 Å². The zero-order valence-electron chi connectivity index (χ0n) is 10.5. The van der Waals surface area contributed by atoms with Crippen LogP contribution in [-0.4, -0.2) is 46.8 Å². The lowest BCUT2D eigenvalue weighted by Crippen LogP contribution is -2.22. The van der Waals surface area contributed by atoms with Gasteiger partial charge >= 0.3 is 0 Å². The Balaban J connectivity index is 2.96. The maximum atomic E-state index is 11.7. The van der Waals surface area contributed by atoms with Gasteiger partial charge in [0.05, 0.1) is 18.6 Å². The predicted molar refractivity (Wildman–Crippen MR) is 71.8 cm³/mol. The van der Waals surface area contributed by atoms with E-state index in [2.05, 4.69) is 4.72 Å². The van der Waals surface area contributed by atoms with E-state index in [-0.39, 0.29) is 17.2 Å². The van der Waals surface area contributed by atoms with Gasteiger partial charge in [-0.3, -0.25) is 4.72 Å². The third-order valence-corrected chi connectivity index (χ3v) is 4.67. The second kappa shape index (κ2) is 5.66. The van der Waals surface area contributed by atoms with Crippen LogP contribution in [0.3, 0.4) is 0 Å². The number of rotatable bonds is 6. The van der Waals surface area contributed by atoms with Crippen molar-refractivity contribution in [3.8, 4) is 11.5 Å². The molecule has 0 aliphatic heterocycles. The molecule has 0 saturated carbocycles. The first kappa shape index (κ1) is 15.6. The number of benzene rings is 1. The first-order chi connectivity index (χ1) is 8.64. The highest BCUT2D eigenvalue weighted by atomic mass is 32.2. The van der Waals surface area contributed by atoms with Crippen LogP contribution in [-0.2, 0) is 19.9 Å². The number of phenols is 1. The molecule has 0 saturated heterocycles. The lowest BCUT2D eigenvalue weighted by molar-refractivity contribution is 0.411. The van der Waals surface area contributed by atoms with Gasteiger partial charge in [-0.05, 0) is 12.1 Å². The number of para-hydroxylation sites is 1. The largest absolute Gasteiger partial charge is 0.506 e. The van der Waals surface area contributed by atoms with Crippen molar-refractivity contribution in [1.29, 1.82) is 0 Å². The highest BCUT2D eigenvalue weighted by Gasteiger charge is 2.18. The summed E-state index contributed by atoms with van der Waals surface area (Å²) in [6, 6.07) is 4.24. The average molecular weight is 309 g/mol. The monoisotopic (exact) mass is 309 g/mol. The molecular weight excluding hydrogens is 294 g/mol. The number of ether oxygens (including phenoxy) is 1. The molecular formula is C10H15NO6S2. The quantitative estimate of drug-likeness (QED) is 0.726. The van der Waals surface area contributed by atoms with Crippen molar-refractivity contribution in [1.82, 2.24) is 0 Å². The van der Waals surface area contributed by atoms with Crippen molar-refractivity contribution in [3.63, 3.8) is 0 Å². The summed E-state index contributed by atoms with van der Waals surface area (Å²) >= 11 is 0. The molecule has 0 aliphatic carbocycles. The van der Waals surface area contributed by atoms with E-state index in [1.807, 2.05) is 0 Å². The Labute approximate surface area is 112 Å². The van der Waals surface area contributed by atoms with Crippen LogP contribution in [0.5, 0.6) is 11.5 Å². The lowest BCUT2D eigenvalue weighted by atomic mass is 10.3. The minimum absolute atomic E-state index is 0.112. The maximum Gasteiger partial charge on any atom is 0.233 e. The molecule has 19 heavy (non-hydrogen) atoms. The number of methoxy groups -OCH3 is 1. The topological polar surface area (TPSA) is 110 Å². The molecule has 108 valence electrons. The molecule has 1 aromatic rings. The van der Waals surface area contributed by atoms with Gasteiger partial charge in [0.2, 0.25) is 10.0 Å². The molecule has 0 fully saturated rings. The molecule has 0 atom stereocenters. The van der Waals surface area contributed by atoms with Crippen molar-refractivity contribution >= 4 is 25.5 Å². The van der Waals surface area contributed by atoms with Gasteiger partial charge in [-0.15, -0.1) is 0 Å². The van der Waals surface area contributed by atoms with Crippen LogP contribution < -0.4 is 9.46 Å². The molecule has 7 nitrogen and oxygen atoms in total. The number of sulfonamides is 1. The minimum atomic E-state index is -3.89. The fourth-order valence-electron chi connectivity index (χ4n) is 1.26. The number of hydrogen-bond donors (Lipinski definition) is 2. The van der Waals surface area contributed by atoms with E-state index in [1.165, 1.54) is 25.3 Å². The Hall–Kier alpha value is -1.48. The molecule has 0 bridgehead atoms. The molecule has 2 N–H and O–H groups in total. The highest BCUT2D eigenvalue weighted by molar-refractivity contribution is 7.95. The number of anilines is 1. The summed E-state index contributed by atoms with van der Waals surface area (Å²) in [5.41, 5.74) is -0.112. The summed E-state index contributed by atoms with van der Waals surface area (Å²) in [6.07, 6.45) is 0.948. The average Bonchev–Trinajstić information content (AvgIpc) is 2.28. The van der Waals surface area contributed by atoms with Gasteiger partial charge < -0.3 is 9.84 Å². The maximum absolute atomic E-state index is 11.7. The first-order valence-electron chi connectivity index (χ1n) is 5.19. The van der Waals surface area contributed by atoms with E-state index >= 15 is 0 Å². The molecule has 0 aliphatic rings. The molecule has 9 heteroatoms. The van der Waals surface area contributed by atoms with Gasteiger partial charge in [0, 0.05) is 6.26 Å². The van der Waals surface area contributed by atoms with E-state index < -0.39 is 31.4 Å². The van der Waals surface area contributed by atoms with E-state index in [9.17, 15) is 21.9 Å². The number of nitrogens with one attached hydrogen (secondary N) is 1. The summed E-state index contributed by atoms with van der Waals surface area (Å²) in [5.74, 6) is -1.26. The summed E-state index contributed by atoms with van der Waals surface area (Å²) in [7, 11) is -5.96. The van der Waals surface area contributed by atoms with Gasteiger partial charge in [0.25, 0.3) is 0 Å². The van der Waals surface area contributed by atoms with Crippen molar-refractivity contribution in [2.24, 2.45) is 0 Å². The molecule has 0 radical (unpaired) electrons. The molecule has 1 rings (SSSR count). The third-order valence-electron chi connectivity index (χ3n) is 2.20. The van der Waals surface area contributed by atoms with Crippen LogP contribution in [0.4, 0.5) is 5.69 Å². The van der Waals surface area contributed by atoms with E-state index in [4.69, 9.17) is 4.74 Å². The Morgan fingerprint density at radius 2 is 1.84 bits per heavy atom. The standard InChI is InChI=1S/C10H15NO6S2/c1-17-9-5-3-4-8(12)10(9)11-19(15,16)7-6-18(2,13)14/h3-5,11-12H,6-7H2,1-2H3. The Morgan fingerprint density at radius 1 is 1.21 bits per heavy atom.